The molecule has 0 atom stereocenters. The van der Waals surface area contributed by atoms with E-state index in [0.717, 1.165) is 46.0 Å². The summed E-state index contributed by atoms with van der Waals surface area (Å²) in [6.45, 7) is 1.97. The maximum Gasteiger partial charge on any atom is 0.490 e. The predicted molar refractivity (Wildman–Crippen MR) is 151 cm³/mol. The number of aliphatic carboxylic acids is 1. The lowest BCUT2D eigenvalue weighted by molar-refractivity contribution is -0.192. The Bertz CT molecular complexity index is 1560. The molecular weight excluding hydrogens is 581 g/mol. The summed E-state index contributed by atoms with van der Waals surface area (Å²) >= 11 is 7.94. The van der Waals surface area contributed by atoms with E-state index in [-0.39, 0.29) is 5.91 Å². The minimum Gasteiger partial charge on any atom is -0.475 e. The number of halogens is 4. The van der Waals surface area contributed by atoms with Gasteiger partial charge in [-0.3, -0.25) is 4.79 Å². The normalized spacial score (nSPS) is 12.2. The van der Waals surface area contributed by atoms with Crippen LogP contribution in [-0.2, 0) is 28.9 Å². The second-order valence-corrected chi connectivity index (χ2v) is 10.3. The first kappa shape index (κ1) is 29.7. The number of carbonyl (C=O) groups excluding carboxylic acids is 1. The first-order chi connectivity index (χ1) is 19.5. The van der Waals surface area contributed by atoms with Gasteiger partial charge in [-0.25, -0.2) is 14.8 Å². The number of carboxylic acids is 1. The maximum atomic E-state index is 12.7. The van der Waals surface area contributed by atoms with Crippen LogP contribution in [0.1, 0.15) is 28.1 Å². The highest BCUT2D eigenvalue weighted by atomic mass is 35.5. The van der Waals surface area contributed by atoms with Gasteiger partial charge in [0, 0.05) is 28.4 Å². The predicted octanol–water partition coefficient (Wildman–Crippen LogP) is 6.69. The first-order valence-electron chi connectivity index (χ1n) is 12.3. The molecule has 0 spiro atoms. The van der Waals surface area contributed by atoms with Gasteiger partial charge < -0.3 is 21.1 Å². The van der Waals surface area contributed by atoms with Crippen molar-refractivity contribution in [3.63, 3.8) is 0 Å². The van der Waals surface area contributed by atoms with E-state index in [4.69, 9.17) is 21.5 Å². The van der Waals surface area contributed by atoms with Crippen LogP contribution in [0.4, 0.5) is 42.0 Å². The summed E-state index contributed by atoms with van der Waals surface area (Å²) in [6.07, 6.45) is -0.829. The van der Waals surface area contributed by atoms with E-state index in [1.54, 1.807) is 17.5 Å². The van der Waals surface area contributed by atoms with E-state index in [9.17, 15) is 18.0 Å². The molecule has 0 unspecified atom stereocenters. The Morgan fingerprint density at radius 3 is 2.56 bits per heavy atom. The number of carbonyl (C=O) groups is 2. The zero-order valence-electron chi connectivity index (χ0n) is 21.6. The van der Waals surface area contributed by atoms with Gasteiger partial charge in [0.05, 0.1) is 17.4 Å². The molecule has 6 bridgehead atoms. The van der Waals surface area contributed by atoms with E-state index in [1.807, 2.05) is 42.8 Å². The highest BCUT2D eigenvalue weighted by Crippen LogP contribution is 2.29. The van der Waals surface area contributed by atoms with Gasteiger partial charge in [-0.15, -0.1) is 11.3 Å². The Morgan fingerprint density at radius 2 is 1.85 bits per heavy atom. The van der Waals surface area contributed by atoms with Crippen molar-refractivity contribution in [2.45, 2.75) is 38.8 Å². The van der Waals surface area contributed by atoms with Gasteiger partial charge in [-0.2, -0.15) is 18.2 Å². The van der Waals surface area contributed by atoms with Gasteiger partial charge >= 0.3 is 12.1 Å². The van der Waals surface area contributed by atoms with Crippen LogP contribution < -0.4 is 16.0 Å². The van der Waals surface area contributed by atoms with Crippen molar-refractivity contribution in [3.8, 4) is 0 Å². The van der Waals surface area contributed by atoms with Gasteiger partial charge in [0.2, 0.25) is 11.9 Å². The van der Waals surface area contributed by atoms with E-state index in [0.29, 0.717) is 29.6 Å². The summed E-state index contributed by atoms with van der Waals surface area (Å²) in [5.41, 5.74) is 7.59. The molecular formula is C27H24ClF3N6O3S. The number of thiazole rings is 1. The van der Waals surface area contributed by atoms with Crippen molar-refractivity contribution < 1.29 is 27.9 Å². The number of hydrogen-bond donors (Lipinski definition) is 4. The van der Waals surface area contributed by atoms with E-state index >= 15 is 0 Å². The fourth-order valence-corrected chi connectivity index (χ4v) is 4.79. The molecule has 2 aromatic carbocycles. The third-order valence-corrected chi connectivity index (χ3v) is 7.19. The third kappa shape index (κ3) is 8.38. The molecule has 9 nitrogen and oxygen atoms in total. The zero-order valence-corrected chi connectivity index (χ0v) is 23.1. The van der Waals surface area contributed by atoms with Crippen LogP contribution in [0, 0.1) is 6.92 Å². The number of alkyl halides is 3. The highest BCUT2D eigenvalue weighted by molar-refractivity contribution is 7.09. The van der Waals surface area contributed by atoms with E-state index in [2.05, 4.69) is 43.0 Å². The first-order valence-corrected chi connectivity index (χ1v) is 13.5. The molecule has 1 aliphatic rings. The van der Waals surface area contributed by atoms with E-state index < -0.39 is 12.1 Å². The SMILES string of the molecule is Cc1ncsc1CCC(=O)Nc1ccc2cc1CCc1cccc(c1)Nc1ncc(Cl)c(n1)N2.O=C(O)C(F)(F)F. The van der Waals surface area contributed by atoms with Crippen LogP contribution in [0.25, 0.3) is 0 Å². The fraction of sp³-hybridized carbons (Fsp3) is 0.222. The molecule has 0 saturated heterocycles. The maximum absolute atomic E-state index is 12.7. The molecule has 5 rings (SSSR count). The Labute approximate surface area is 241 Å². The van der Waals surface area contributed by atoms with E-state index in [1.165, 1.54) is 5.56 Å². The summed E-state index contributed by atoms with van der Waals surface area (Å²) in [4.78, 5) is 35.9. The monoisotopic (exact) mass is 604 g/mol. The molecule has 0 fully saturated rings. The van der Waals surface area contributed by atoms with Crippen molar-refractivity contribution >= 4 is 63.6 Å². The molecule has 0 saturated carbocycles. The number of benzene rings is 2. The van der Waals surface area contributed by atoms with Crippen LogP contribution in [0.15, 0.2) is 54.2 Å². The molecule has 1 amide bonds. The molecule has 0 aliphatic carbocycles. The van der Waals surface area contributed by atoms with Gasteiger partial charge in [0.25, 0.3) is 0 Å². The zero-order chi connectivity index (χ0) is 29.6. The molecule has 4 N–H and O–H groups in total. The number of rotatable bonds is 4. The lowest BCUT2D eigenvalue weighted by Gasteiger charge is -2.14. The quantitative estimate of drug-likeness (QED) is 0.203. The summed E-state index contributed by atoms with van der Waals surface area (Å²) in [7, 11) is 0. The summed E-state index contributed by atoms with van der Waals surface area (Å²) in [5, 5.41) is 17.2. The molecule has 3 heterocycles. The fourth-order valence-electron chi connectivity index (χ4n) is 3.87. The summed E-state index contributed by atoms with van der Waals surface area (Å²) in [6, 6.07) is 14.0. The molecule has 41 heavy (non-hydrogen) atoms. The van der Waals surface area contributed by atoms with Crippen LogP contribution in [0.2, 0.25) is 5.02 Å². The van der Waals surface area contributed by atoms with Gasteiger partial charge in [0.1, 0.15) is 5.02 Å². The number of hydrogen-bond acceptors (Lipinski definition) is 8. The third-order valence-electron chi connectivity index (χ3n) is 5.92. The second-order valence-electron chi connectivity index (χ2n) is 8.92. The van der Waals surface area contributed by atoms with Gasteiger partial charge in [0.15, 0.2) is 5.82 Å². The molecule has 214 valence electrons. The molecule has 4 aromatic rings. The van der Waals surface area contributed by atoms with Crippen molar-refractivity contribution in [3.05, 3.63) is 80.9 Å². The number of amides is 1. The number of fused-ring (bicyclic) bond motifs is 6. The smallest absolute Gasteiger partial charge is 0.475 e. The Kier molecular flexibility index (Phi) is 9.40. The van der Waals surface area contributed by atoms with Crippen molar-refractivity contribution in [2.75, 3.05) is 16.0 Å². The Hall–Kier alpha value is -4.23. The van der Waals surface area contributed by atoms with Gasteiger partial charge in [-0.1, -0.05) is 23.7 Å². The highest BCUT2D eigenvalue weighted by Gasteiger charge is 2.38. The van der Waals surface area contributed by atoms with Crippen LogP contribution in [-0.4, -0.2) is 38.1 Å². The van der Waals surface area contributed by atoms with Crippen LogP contribution in [0.5, 0.6) is 0 Å². The number of aromatic nitrogens is 3. The van der Waals surface area contributed by atoms with Crippen molar-refractivity contribution in [1.82, 2.24) is 15.0 Å². The van der Waals surface area contributed by atoms with Crippen LogP contribution >= 0.6 is 22.9 Å². The number of carboxylic acid groups (broad SMARTS) is 1. The number of nitrogens with one attached hydrogen (secondary N) is 3. The number of nitrogens with zero attached hydrogens (tertiary/aromatic N) is 3. The van der Waals surface area contributed by atoms with Crippen molar-refractivity contribution in [2.24, 2.45) is 0 Å². The summed E-state index contributed by atoms with van der Waals surface area (Å²) in [5.74, 6) is -1.80. The molecule has 14 heteroatoms. The average Bonchev–Trinajstić information content (AvgIpc) is 3.33. The largest absolute Gasteiger partial charge is 0.490 e. The minimum absolute atomic E-state index is 0.0117. The van der Waals surface area contributed by atoms with Crippen LogP contribution in [0.3, 0.4) is 0 Å². The topological polar surface area (TPSA) is 129 Å². The lowest BCUT2D eigenvalue weighted by Crippen LogP contribution is -2.21. The molecule has 2 aromatic heterocycles. The standard InChI is InChI=1S/C25H23ClN6OS.C2HF3O2/c1-15-22(34-14-28-15)9-10-23(33)31-21-8-7-19-12-17(21)6-5-16-3-2-4-18(11-16)30-25-27-13-20(26)24(29-19)32-25;3-2(4,5)1(6)7/h2-4,7-8,11-14H,5-6,9-10H2,1H3,(H,31,33)(H2,27,29,30,32);(H,6,7). The number of aryl methyl sites for hydroxylation is 4. The van der Waals surface area contributed by atoms with Gasteiger partial charge in [-0.05, 0) is 67.6 Å². The molecule has 1 aliphatic heterocycles. The number of anilines is 5. The minimum atomic E-state index is -5.08. The Morgan fingerprint density at radius 1 is 1.10 bits per heavy atom. The summed E-state index contributed by atoms with van der Waals surface area (Å²) < 4.78 is 31.7. The molecule has 0 radical (unpaired) electrons. The van der Waals surface area contributed by atoms with Crippen molar-refractivity contribution in [1.29, 1.82) is 0 Å². The average molecular weight is 605 g/mol. The Balaban J connectivity index is 0.000000493. The second kappa shape index (κ2) is 13.0. The lowest BCUT2D eigenvalue weighted by atomic mass is 10.0.